The third-order valence-corrected chi connectivity index (χ3v) is 6.07. The topological polar surface area (TPSA) is 82.9 Å². The van der Waals surface area contributed by atoms with E-state index >= 15 is 0 Å². The second-order valence-electron chi connectivity index (χ2n) is 6.05. The van der Waals surface area contributed by atoms with Gasteiger partial charge in [-0.15, -0.1) is 5.10 Å². The van der Waals surface area contributed by atoms with Crippen LogP contribution in [0.4, 0.5) is 5.69 Å². The summed E-state index contributed by atoms with van der Waals surface area (Å²) in [6, 6.07) is 12.1. The maximum atomic E-state index is 12.3. The summed E-state index contributed by atoms with van der Waals surface area (Å²) in [4.78, 5) is 24.4. The minimum Gasteiger partial charge on any atom is -0.325 e. The lowest BCUT2D eigenvalue weighted by Gasteiger charge is -2.09. The van der Waals surface area contributed by atoms with Crippen molar-refractivity contribution in [3.63, 3.8) is 0 Å². The van der Waals surface area contributed by atoms with Crippen LogP contribution in [0.25, 0.3) is 0 Å². The molecule has 1 fully saturated rings. The van der Waals surface area contributed by atoms with Crippen molar-refractivity contribution < 1.29 is 9.59 Å². The first kappa shape index (κ1) is 21.6. The molecule has 2 aromatic carbocycles. The van der Waals surface area contributed by atoms with Gasteiger partial charge in [0.2, 0.25) is 11.8 Å². The molecule has 0 aromatic heterocycles. The standard InChI is InChI=1S/C19H15Cl3N4O2S/c1-10(11-5-7-12(20)8-6-11)25-26-19-24-18(28)15(29-19)9-16(27)23-14-4-2-3-13(21)17(14)22/h2-8,15H,9H2,1H3,(H,23,27)(H,24,26,28). The number of rotatable bonds is 5. The number of amides is 2. The molecule has 10 heteroatoms. The lowest BCUT2D eigenvalue weighted by atomic mass is 10.1. The predicted molar refractivity (Wildman–Crippen MR) is 120 cm³/mol. The Bertz CT molecular complexity index is 1010. The van der Waals surface area contributed by atoms with E-state index in [0.29, 0.717) is 26.6 Å². The van der Waals surface area contributed by atoms with Crippen LogP contribution in [0.3, 0.4) is 0 Å². The van der Waals surface area contributed by atoms with Gasteiger partial charge < -0.3 is 10.6 Å². The molecule has 3 rings (SSSR count). The zero-order chi connectivity index (χ0) is 21.0. The number of nitrogens with one attached hydrogen (secondary N) is 2. The number of hydrogen-bond acceptors (Lipinski definition) is 5. The van der Waals surface area contributed by atoms with Crippen LogP contribution in [-0.4, -0.2) is 27.9 Å². The molecule has 2 amide bonds. The smallest absolute Gasteiger partial charge is 0.240 e. The van der Waals surface area contributed by atoms with Gasteiger partial charge in [-0.05, 0) is 36.8 Å². The van der Waals surface area contributed by atoms with Crippen LogP contribution < -0.4 is 10.6 Å². The summed E-state index contributed by atoms with van der Waals surface area (Å²) in [5.74, 6) is -0.663. The van der Waals surface area contributed by atoms with Crippen molar-refractivity contribution in [3.8, 4) is 0 Å². The highest BCUT2D eigenvalue weighted by Crippen LogP contribution is 2.30. The van der Waals surface area contributed by atoms with E-state index in [-0.39, 0.29) is 23.3 Å². The number of nitrogens with zero attached hydrogens (tertiary/aromatic N) is 2. The molecular formula is C19H15Cl3N4O2S. The number of carbonyl (C=O) groups is 2. The lowest BCUT2D eigenvalue weighted by Crippen LogP contribution is -2.28. The van der Waals surface area contributed by atoms with E-state index in [9.17, 15) is 9.59 Å². The third kappa shape index (κ3) is 5.73. The van der Waals surface area contributed by atoms with Gasteiger partial charge in [0.25, 0.3) is 0 Å². The highest BCUT2D eigenvalue weighted by molar-refractivity contribution is 8.15. The van der Waals surface area contributed by atoms with Gasteiger partial charge in [-0.3, -0.25) is 9.59 Å². The average Bonchev–Trinajstić information content (AvgIpc) is 3.03. The molecule has 0 aliphatic carbocycles. The van der Waals surface area contributed by atoms with Crippen LogP contribution in [0.1, 0.15) is 18.9 Å². The second-order valence-corrected chi connectivity index (χ2v) is 8.46. The van der Waals surface area contributed by atoms with Gasteiger partial charge in [0.15, 0.2) is 5.17 Å². The number of amidine groups is 1. The Hall–Kier alpha value is -2.06. The highest BCUT2D eigenvalue weighted by atomic mass is 35.5. The molecule has 2 aromatic rings. The first-order chi connectivity index (χ1) is 13.8. The van der Waals surface area contributed by atoms with Crippen molar-refractivity contribution in [1.29, 1.82) is 0 Å². The van der Waals surface area contributed by atoms with Gasteiger partial charge in [-0.2, -0.15) is 5.10 Å². The zero-order valence-electron chi connectivity index (χ0n) is 15.1. The molecule has 2 N–H and O–H groups in total. The van der Waals surface area contributed by atoms with E-state index in [4.69, 9.17) is 34.8 Å². The summed E-state index contributed by atoms with van der Waals surface area (Å²) in [5, 5.41) is 14.4. The zero-order valence-corrected chi connectivity index (χ0v) is 18.2. The fraction of sp³-hybridized carbons (Fsp3) is 0.158. The van der Waals surface area contributed by atoms with Crippen molar-refractivity contribution in [2.75, 3.05) is 5.32 Å². The van der Waals surface area contributed by atoms with Crippen molar-refractivity contribution in [2.24, 2.45) is 10.2 Å². The normalized spacial score (nSPS) is 18.1. The molecular weight excluding hydrogens is 455 g/mol. The minimum absolute atomic E-state index is 0.0434. The summed E-state index contributed by atoms with van der Waals surface area (Å²) in [7, 11) is 0. The second kappa shape index (κ2) is 9.63. The molecule has 1 heterocycles. The molecule has 6 nitrogen and oxygen atoms in total. The molecule has 1 aliphatic rings. The summed E-state index contributed by atoms with van der Waals surface area (Å²) in [6.45, 7) is 1.80. The summed E-state index contributed by atoms with van der Waals surface area (Å²) < 4.78 is 0. The summed E-state index contributed by atoms with van der Waals surface area (Å²) in [5.41, 5.74) is 1.92. The van der Waals surface area contributed by atoms with E-state index in [1.807, 2.05) is 12.1 Å². The Labute approximate surface area is 186 Å². The van der Waals surface area contributed by atoms with Crippen LogP contribution in [0.15, 0.2) is 52.7 Å². The van der Waals surface area contributed by atoms with Crippen LogP contribution in [0, 0.1) is 0 Å². The molecule has 1 aliphatic heterocycles. The molecule has 0 bridgehead atoms. The number of hydrogen-bond donors (Lipinski definition) is 2. The molecule has 1 unspecified atom stereocenters. The van der Waals surface area contributed by atoms with E-state index in [0.717, 1.165) is 17.3 Å². The average molecular weight is 470 g/mol. The quantitative estimate of drug-likeness (QED) is 0.478. The Balaban J connectivity index is 1.61. The number of benzene rings is 2. The SMILES string of the molecule is CC(=N/N=C1\NC(=O)C(CC(=O)Nc2cccc(Cl)c2Cl)S1)c1ccc(Cl)cc1. The van der Waals surface area contributed by atoms with E-state index < -0.39 is 5.25 Å². The molecule has 1 atom stereocenters. The highest BCUT2D eigenvalue weighted by Gasteiger charge is 2.32. The molecule has 1 saturated heterocycles. The van der Waals surface area contributed by atoms with Gasteiger partial charge in [-0.25, -0.2) is 0 Å². The van der Waals surface area contributed by atoms with Crippen molar-refractivity contribution in [1.82, 2.24) is 5.32 Å². The van der Waals surface area contributed by atoms with Crippen molar-refractivity contribution in [3.05, 3.63) is 63.1 Å². The fourth-order valence-corrected chi connectivity index (χ4v) is 3.82. The van der Waals surface area contributed by atoms with Crippen LogP contribution in [0.2, 0.25) is 15.1 Å². The molecule has 0 saturated carbocycles. The van der Waals surface area contributed by atoms with Gasteiger partial charge in [0, 0.05) is 11.4 Å². The van der Waals surface area contributed by atoms with Gasteiger partial charge in [-0.1, -0.05) is 64.8 Å². The van der Waals surface area contributed by atoms with E-state index in [1.54, 1.807) is 37.3 Å². The van der Waals surface area contributed by atoms with E-state index in [1.165, 1.54) is 0 Å². The number of halogens is 3. The molecule has 0 spiro atoms. The minimum atomic E-state index is -0.613. The monoisotopic (exact) mass is 468 g/mol. The third-order valence-electron chi connectivity index (χ3n) is 3.93. The first-order valence-electron chi connectivity index (χ1n) is 8.43. The fourth-order valence-electron chi connectivity index (χ4n) is 2.43. The van der Waals surface area contributed by atoms with Crippen LogP contribution >= 0.6 is 46.6 Å². The van der Waals surface area contributed by atoms with Gasteiger partial charge in [0.05, 0.1) is 21.4 Å². The van der Waals surface area contributed by atoms with Gasteiger partial charge in [0.1, 0.15) is 5.25 Å². The van der Waals surface area contributed by atoms with Crippen LogP contribution in [-0.2, 0) is 9.59 Å². The number of anilines is 1. The Morgan fingerprint density at radius 3 is 2.62 bits per heavy atom. The van der Waals surface area contributed by atoms with Crippen molar-refractivity contribution >= 4 is 74.9 Å². The van der Waals surface area contributed by atoms with E-state index in [2.05, 4.69) is 20.8 Å². The Kier molecular flexibility index (Phi) is 7.18. The predicted octanol–water partition coefficient (Wildman–Crippen LogP) is 4.99. The summed E-state index contributed by atoms with van der Waals surface area (Å²) in [6.07, 6.45) is -0.0434. The van der Waals surface area contributed by atoms with Crippen molar-refractivity contribution in [2.45, 2.75) is 18.6 Å². The molecule has 150 valence electrons. The Morgan fingerprint density at radius 2 is 1.90 bits per heavy atom. The van der Waals surface area contributed by atoms with Crippen LogP contribution in [0.5, 0.6) is 0 Å². The number of thioether (sulfide) groups is 1. The summed E-state index contributed by atoms with van der Waals surface area (Å²) >= 11 is 19.0. The van der Waals surface area contributed by atoms with Gasteiger partial charge >= 0.3 is 0 Å². The molecule has 0 radical (unpaired) electrons. The Morgan fingerprint density at radius 1 is 1.17 bits per heavy atom. The lowest BCUT2D eigenvalue weighted by molar-refractivity contribution is -0.122. The largest absolute Gasteiger partial charge is 0.325 e. The maximum absolute atomic E-state index is 12.3. The first-order valence-corrected chi connectivity index (χ1v) is 10.4. The number of carbonyl (C=O) groups excluding carboxylic acids is 2. The molecule has 29 heavy (non-hydrogen) atoms. The maximum Gasteiger partial charge on any atom is 0.240 e.